The lowest BCUT2D eigenvalue weighted by molar-refractivity contribution is 0.488. The van der Waals surface area contributed by atoms with Gasteiger partial charge in [-0.1, -0.05) is 263 Å². The van der Waals surface area contributed by atoms with E-state index < -0.39 is 18.1 Å². The maximum atomic E-state index is 7.72. The first-order valence-corrected chi connectivity index (χ1v) is 32.8. The van der Waals surface area contributed by atoms with Crippen molar-refractivity contribution in [2.45, 2.75) is 261 Å². The Morgan fingerprint density at radius 3 is 0.691 bits per heavy atom. The van der Waals surface area contributed by atoms with Crippen molar-refractivity contribution in [2.75, 3.05) is 0 Å². The minimum atomic E-state index is -0.580. The van der Waals surface area contributed by atoms with Crippen molar-refractivity contribution in [2.24, 2.45) is 0 Å². The zero-order valence-corrected chi connectivity index (χ0v) is 57.2. The fourth-order valence-electron chi connectivity index (χ4n) is 11.8. The second-order valence-corrected chi connectivity index (χ2v) is 30.2. The van der Waals surface area contributed by atoms with Gasteiger partial charge in [0, 0.05) is 0 Å². The summed E-state index contributed by atoms with van der Waals surface area (Å²) >= 11 is 0. The van der Waals surface area contributed by atoms with E-state index in [9.17, 15) is 0 Å². The van der Waals surface area contributed by atoms with Gasteiger partial charge in [0.1, 0.15) is 0 Å². The summed E-state index contributed by atoms with van der Waals surface area (Å²) < 4.78 is 4.00. The summed E-state index contributed by atoms with van der Waals surface area (Å²) in [4.78, 5) is 15.4. The molecule has 0 bridgehead atoms. The first kappa shape index (κ1) is 66.2. The van der Waals surface area contributed by atoms with Crippen molar-refractivity contribution in [1.82, 2.24) is 0 Å². The maximum Gasteiger partial charge on any atom is 0.158 e. The van der Waals surface area contributed by atoms with Crippen LogP contribution in [-0.2, 0) is 47.6 Å². The van der Waals surface area contributed by atoms with E-state index in [2.05, 4.69) is 268 Å². The number of benzene rings is 6. The molecule has 0 saturated carbocycles. The van der Waals surface area contributed by atoms with Crippen LogP contribution in [0.1, 0.15) is 262 Å². The van der Waals surface area contributed by atoms with E-state index >= 15 is 0 Å². The van der Waals surface area contributed by atoms with E-state index in [1.54, 1.807) is 0 Å². The zero-order valence-electron chi connectivity index (χ0n) is 55.2. The van der Waals surface area contributed by atoms with Gasteiger partial charge >= 0.3 is 0 Å². The summed E-state index contributed by atoms with van der Waals surface area (Å²) in [5.41, 5.74) is 22.2. The van der Waals surface area contributed by atoms with E-state index in [0.29, 0.717) is 0 Å². The molecule has 0 spiro atoms. The standard InChI is InChI=1S/C76H104.H4O3P2/c1-25-69(9,10)49-37-41-55(59(45-49)73(17,18)29-5)65-63-53-35-33-34-36-54(53)64(63)66(56-42-38-50(70(11,12)26-2)46-60(56)74(19,20)30-6)68(58-44-40-52(72(15,16)28-4)48-62(58)76(23,24)32-8)67(65)57-43-39-51(71(13,14)27-3)47-61(57)75(21,22)31-7;1-4-3-5-2/h33-48H,25-32H2,1-24H3;1-2,4-5H. The molecule has 7 rings (SSSR count). The van der Waals surface area contributed by atoms with E-state index in [1.165, 1.54) is 110 Å². The van der Waals surface area contributed by atoms with E-state index in [1.807, 2.05) is 0 Å². The molecule has 0 amide bonds. The molecule has 81 heavy (non-hydrogen) atoms. The Hall–Kier alpha value is -3.94. The van der Waals surface area contributed by atoms with Crippen molar-refractivity contribution in [3.05, 3.63) is 162 Å². The molecule has 6 aromatic carbocycles. The van der Waals surface area contributed by atoms with Gasteiger partial charge in [-0.25, -0.2) is 0 Å². The van der Waals surface area contributed by atoms with Gasteiger partial charge in [-0.3, -0.25) is 4.31 Å². The summed E-state index contributed by atoms with van der Waals surface area (Å²) in [7, 11) is -1.16. The quantitative estimate of drug-likeness (QED) is 0.0665. The Kier molecular flexibility index (Phi) is 20.4. The Morgan fingerprint density at radius 1 is 0.296 bits per heavy atom. The summed E-state index contributed by atoms with van der Waals surface area (Å²) in [6.07, 6.45) is 8.40. The van der Waals surface area contributed by atoms with Crippen LogP contribution >= 0.6 is 18.1 Å². The molecule has 0 fully saturated rings. The highest BCUT2D eigenvalue weighted by atomic mass is 31.2. The molecule has 2 unspecified atom stereocenters. The maximum absolute atomic E-state index is 7.72. The third-order valence-corrected chi connectivity index (χ3v) is 22.1. The second kappa shape index (κ2) is 24.9. The van der Waals surface area contributed by atoms with Crippen LogP contribution in [0.25, 0.3) is 44.5 Å². The zero-order chi connectivity index (χ0) is 60.6. The predicted molar refractivity (Wildman–Crippen MR) is 359 cm³/mol. The van der Waals surface area contributed by atoms with Crippen LogP contribution in [0.4, 0.5) is 0 Å². The Morgan fingerprint density at radius 2 is 0.506 bits per heavy atom. The predicted octanol–water partition coefficient (Wildman–Crippen LogP) is 22.7. The summed E-state index contributed by atoms with van der Waals surface area (Å²) in [5, 5.41) is 5.57. The largest absolute Gasteiger partial charge is 0.352 e. The summed E-state index contributed by atoms with van der Waals surface area (Å²) in [6, 6.07) is 40.5. The van der Waals surface area contributed by atoms with Crippen molar-refractivity contribution in [1.29, 1.82) is 0 Å². The van der Waals surface area contributed by atoms with Gasteiger partial charge in [0.2, 0.25) is 0 Å². The van der Waals surface area contributed by atoms with Gasteiger partial charge in [0.15, 0.2) is 18.1 Å². The van der Waals surface area contributed by atoms with Gasteiger partial charge in [-0.2, -0.15) is 0 Å². The van der Waals surface area contributed by atoms with Crippen LogP contribution < -0.4 is 0 Å². The molecule has 0 saturated heterocycles. The molecular formula is C76H108O3P2. The van der Waals surface area contributed by atoms with Crippen molar-refractivity contribution >= 4 is 18.1 Å². The van der Waals surface area contributed by atoms with Crippen molar-refractivity contribution in [3.8, 4) is 44.5 Å². The highest BCUT2D eigenvalue weighted by Gasteiger charge is 2.38. The minimum Gasteiger partial charge on any atom is -0.352 e. The van der Waals surface area contributed by atoms with E-state index in [-0.39, 0.29) is 43.3 Å². The van der Waals surface area contributed by atoms with Gasteiger partial charge in [-0.15, -0.1) is 0 Å². The normalized spacial score (nSPS) is 13.7. The van der Waals surface area contributed by atoms with Crippen LogP contribution in [0.5, 0.6) is 0 Å². The molecule has 2 atom stereocenters. The molecule has 0 aromatic heterocycles. The SMILES string of the molecule is CCC(C)(C)c1ccc(-c2c(-c3ccc(C(C)(C)CC)cc3C(C)(C)CC)c(-c3ccc(C(C)(C)CC)cc3C(C)(C)CC)c3c(c2-c2ccc(C(C)(C)CC)cc2C(C)(C)CC)=c2ccccc2=3)c(C(C)(C)CC)c1.OPOPO. The molecular weight excluding hydrogens is 1020 g/mol. The molecule has 6 aromatic rings. The highest BCUT2D eigenvalue weighted by molar-refractivity contribution is 7.39. The van der Waals surface area contributed by atoms with E-state index in [0.717, 1.165) is 51.4 Å². The molecule has 1 aliphatic carbocycles. The topological polar surface area (TPSA) is 49.7 Å². The fourth-order valence-corrected chi connectivity index (χ4v) is 12.0. The first-order valence-electron chi connectivity index (χ1n) is 31.1. The summed E-state index contributed by atoms with van der Waals surface area (Å²) in [6.45, 7) is 58.7. The fraction of sp³-hybridized carbons (Fsp3) is 0.526. The average Bonchev–Trinajstić information content (AvgIpc) is 3.48. The number of hydrogen-bond acceptors (Lipinski definition) is 3. The monoisotopic (exact) mass is 1130 g/mol. The third kappa shape index (κ3) is 12.7. The molecule has 1 aliphatic rings. The molecule has 0 radical (unpaired) electrons. The Balaban J connectivity index is 0.00000202. The Bertz CT molecular complexity index is 3200. The lowest BCUT2D eigenvalue weighted by Crippen LogP contribution is -2.23. The average molecular weight is 1130 g/mol. The first-order chi connectivity index (χ1) is 37.7. The van der Waals surface area contributed by atoms with Crippen LogP contribution in [0.15, 0.2) is 97.1 Å². The van der Waals surface area contributed by atoms with Crippen LogP contribution in [0, 0.1) is 20.9 Å². The molecule has 2 N–H and O–H groups in total. The van der Waals surface area contributed by atoms with Gasteiger partial charge < -0.3 is 9.79 Å². The molecule has 0 aliphatic heterocycles. The van der Waals surface area contributed by atoms with E-state index in [4.69, 9.17) is 9.79 Å². The van der Waals surface area contributed by atoms with Gasteiger partial charge in [0.25, 0.3) is 0 Å². The number of rotatable bonds is 22. The summed E-state index contributed by atoms with van der Waals surface area (Å²) in [5.74, 6) is 0. The lowest BCUT2D eigenvalue weighted by Gasteiger charge is -2.37. The number of hydrogen-bond donors (Lipinski definition) is 2. The third-order valence-electron chi connectivity index (χ3n) is 21.3. The smallest absolute Gasteiger partial charge is 0.158 e. The lowest BCUT2D eigenvalue weighted by atomic mass is 9.66. The highest BCUT2D eigenvalue weighted by Crippen LogP contribution is 2.57. The second-order valence-electron chi connectivity index (χ2n) is 29.0. The minimum absolute atomic E-state index is 0.0163. The Labute approximate surface area is 497 Å². The van der Waals surface area contributed by atoms with Gasteiger partial charge in [0.05, 0.1) is 0 Å². The molecule has 0 heterocycles. The van der Waals surface area contributed by atoms with Gasteiger partial charge in [-0.05, 0) is 205 Å². The number of fused-ring (bicyclic) bond motifs is 2. The molecule has 440 valence electrons. The van der Waals surface area contributed by atoms with Crippen LogP contribution in [-0.4, -0.2) is 9.79 Å². The molecule has 3 nitrogen and oxygen atoms in total. The van der Waals surface area contributed by atoms with Crippen molar-refractivity contribution in [3.63, 3.8) is 0 Å². The van der Waals surface area contributed by atoms with Crippen LogP contribution in [0.3, 0.4) is 0 Å². The molecule has 5 heteroatoms. The van der Waals surface area contributed by atoms with Crippen molar-refractivity contribution < 1.29 is 14.1 Å². The van der Waals surface area contributed by atoms with Crippen LogP contribution in [0.2, 0.25) is 0 Å².